The molecule has 3 N–H and O–H groups in total. The first-order chi connectivity index (χ1) is 18.3. The van der Waals surface area contributed by atoms with E-state index in [4.69, 9.17) is 4.74 Å². The van der Waals surface area contributed by atoms with Crippen LogP contribution in [-0.4, -0.2) is 57.3 Å². The van der Waals surface area contributed by atoms with Crippen LogP contribution in [0.4, 0.5) is 5.82 Å². The smallest absolute Gasteiger partial charge is 0.349 e. The number of hydrogen-bond acceptors (Lipinski definition) is 9. The Balaban J connectivity index is 1.21. The number of anilines is 1. The van der Waals surface area contributed by atoms with Crippen molar-refractivity contribution in [2.45, 2.75) is 44.9 Å². The fraction of sp³-hybridized carbons (Fsp3) is 0.292. The second-order valence-electron chi connectivity index (χ2n) is 8.89. The van der Waals surface area contributed by atoms with Gasteiger partial charge in [-0.05, 0) is 25.1 Å². The number of nitrogens with zero attached hydrogens (tertiary/aromatic N) is 6. The molecule has 5 rings (SSSR count). The number of ether oxygens (including phenoxy) is 1. The maximum Gasteiger partial charge on any atom is 0.349 e. The Hall–Kier alpha value is -4.69. The van der Waals surface area contributed by atoms with Crippen molar-refractivity contribution in [2.75, 3.05) is 5.32 Å². The van der Waals surface area contributed by atoms with E-state index in [2.05, 4.69) is 25.6 Å². The molecule has 1 amide bonds. The SMILES string of the molecule is Cc1cn(C2CC(O)C(Cn3cc(Cn4ccc(NC(=O)c5ccccc5)nc4=O)nn3)O2)c(=O)[nH]c1=O. The van der Waals surface area contributed by atoms with Gasteiger partial charge < -0.3 is 15.2 Å². The Bertz CT molecular complexity index is 1640. The third-order valence-corrected chi connectivity index (χ3v) is 6.10. The molecule has 1 aliphatic heterocycles. The van der Waals surface area contributed by atoms with Crippen LogP contribution >= 0.6 is 0 Å². The highest BCUT2D eigenvalue weighted by atomic mass is 16.5. The second-order valence-corrected chi connectivity index (χ2v) is 8.89. The lowest BCUT2D eigenvalue weighted by molar-refractivity contribution is -0.0302. The summed E-state index contributed by atoms with van der Waals surface area (Å²) in [5, 5.41) is 21.2. The minimum atomic E-state index is -0.878. The number of rotatable bonds is 7. The van der Waals surface area contributed by atoms with E-state index in [9.17, 15) is 24.3 Å². The molecule has 1 fully saturated rings. The first kappa shape index (κ1) is 25.0. The fourth-order valence-electron chi connectivity index (χ4n) is 4.11. The minimum absolute atomic E-state index is 0.0848. The van der Waals surface area contributed by atoms with Gasteiger partial charge >= 0.3 is 11.4 Å². The lowest BCUT2D eigenvalue weighted by atomic mass is 10.2. The molecule has 0 spiro atoms. The van der Waals surface area contributed by atoms with E-state index in [1.807, 2.05) is 0 Å². The fourth-order valence-corrected chi connectivity index (χ4v) is 4.11. The van der Waals surface area contributed by atoms with Crippen LogP contribution < -0.4 is 22.3 Å². The molecule has 1 aliphatic rings. The molecule has 3 atom stereocenters. The predicted molar refractivity (Wildman–Crippen MR) is 133 cm³/mol. The third-order valence-electron chi connectivity index (χ3n) is 6.10. The zero-order valence-electron chi connectivity index (χ0n) is 20.2. The molecule has 3 aromatic heterocycles. The van der Waals surface area contributed by atoms with Crippen LogP contribution in [0.3, 0.4) is 0 Å². The van der Waals surface area contributed by atoms with Gasteiger partial charge in [-0.3, -0.25) is 23.7 Å². The average Bonchev–Trinajstić information content (AvgIpc) is 3.49. The van der Waals surface area contributed by atoms with E-state index in [0.29, 0.717) is 16.8 Å². The number of aromatic nitrogens is 7. The van der Waals surface area contributed by atoms with Gasteiger partial charge in [0.25, 0.3) is 11.5 Å². The van der Waals surface area contributed by atoms with Gasteiger partial charge in [-0.2, -0.15) is 4.98 Å². The third kappa shape index (κ3) is 5.35. The minimum Gasteiger partial charge on any atom is -0.390 e. The van der Waals surface area contributed by atoms with Crippen LogP contribution in [0.2, 0.25) is 0 Å². The van der Waals surface area contributed by atoms with E-state index in [1.165, 1.54) is 32.3 Å². The van der Waals surface area contributed by atoms with Gasteiger partial charge in [-0.25, -0.2) is 14.3 Å². The van der Waals surface area contributed by atoms with Gasteiger partial charge in [0, 0.05) is 29.9 Å². The monoisotopic (exact) mass is 520 g/mol. The number of aliphatic hydroxyl groups excluding tert-OH is 1. The highest BCUT2D eigenvalue weighted by Crippen LogP contribution is 2.28. The lowest BCUT2D eigenvalue weighted by Crippen LogP contribution is -2.33. The summed E-state index contributed by atoms with van der Waals surface area (Å²) in [6, 6.07) is 10.1. The first-order valence-corrected chi connectivity index (χ1v) is 11.8. The molecule has 14 heteroatoms. The number of aromatic amines is 1. The van der Waals surface area contributed by atoms with Gasteiger partial charge in [-0.15, -0.1) is 5.10 Å². The van der Waals surface area contributed by atoms with Crippen LogP contribution in [0, 0.1) is 6.92 Å². The van der Waals surface area contributed by atoms with Crippen molar-refractivity contribution in [3.8, 4) is 0 Å². The number of aryl methyl sites for hydroxylation is 1. The summed E-state index contributed by atoms with van der Waals surface area (Å²) in [5.41, 5.74) is -0.415. The van der Waals surface area contributed by atoms with Gasteiger partial charge in [-0.1, -0.05) is 23.4 Å². The average molecular weight is 521 g/mol. The lowest BCUT2D eigenvalue weighted by Gasteiger charge is -2.16. The molecule has 1 saturated heterocycles. The summed E-state index contributed by atoms with van der Waals surface area (Å²) < 4.78 is 9.90. The zero-order chi connectivity index (χ0) is 26.8. The van der Waals surface area contributed by atoms with Crippen molar-refractivity contribution in [2.24, 2.45) is 0 Å². The van der Waals surface area contributed by atoms with Gasteiger partial charge in [0.15, 0.2) is 0 Å². The normalized spacial score (nSPS) is 18.9. The Morgan fingerprint density at radius 2 is 1.97 bits per heavy atom. The molecular formula is C24H24N8O6. The number of nitrogens with one attached hydrogen (secondary N) is 2. The van der Waals surface area contributed by atoms with Crippen molar-refractivity contribution in [3.63, 3.8) is 0 Å². The molecule has 0 bridgehead atoms. The number of amides is 1. The van der Waals surface area contributed by atoms with Crippen LogP contribution in [0.1, 0.15) is 34.3 Å². The summed E-state index contributed by atoms with van der Waals surface area (Å²) >= 11 is 0. The first-order valence-electron chi connectivity index (χ1n) is 11.8. The van der Waals surface area contributed by atoms with Crippen LogP contribution in [-0.2, 0) is 17.8 Å². The highest BCUT2D eigenvalue weighted by molar-refractivity contribution is 6.03. The molecule has 0 radical (unpaired) electrons. The number of aliphatic hydroxyl groups is 1. The van der Waals surface area contributed by atoms with Crippen LogP contribution in [0.25, 0.3) is 0 Å². The number of carbonyl (C=O) groups excluding carboxylic acids is 1. The number of hydrogen-bond donors (Lipinski definition) is 3. The molecule has 38 heavy (non-hydrogen) atoms. The topological polar surface area (TPSA) is 179 Å². The molecule has 14 nitrogen and oxygen atoms in total. The molecular weight excluding hydrogens is 496 g/mol. The van der Waals surface area contributed by atoms with Crippen LogP contribution in [0.15, 0.2) is 69.4 Å². The van der Waals surface area contributed by atoms with E-state index < -0.39 is 35.4 Å². The van der Waals surface area contributed by atoms with Crippen molar-refractivity contribution in [1.82, 2.24) is 34.1 Å². The largest absolute Gasteiger partial charge is 0.390 e. The maximum atomic E-state index is 12.5. The van der Waals surface area contributed by atoms with Gasteiger partial charge in [0.1, 0.15) is 23.8 Å². The second kappa shape index (κ2) is 10.4. The van der Waals surface area contributed by atoms with Crippen molar-refractivity contribution >= 4 is 11.7 Å². The van der Waals surface area contributed by atoms with E-state index in [0.717, 1.165) is 0 Å². The Morgan fingerprint density at radius 1 is 1.18 bits per heavy atom. The number of H-pyrrole nitrogens is 1. The van der Waals surface area contributed by atoms with E-state index >= 15 is 0 Å². The summed E-state index contributed by atoms with van der Waals surface area (Å²) in [5.74, 6) is -0.250. The van der Waals surface area contributed by atoms with Crippen molar-refractivity contribution in [3.05, 3.63) is 103 Å². The van der Waals surface area contributed by atoms with Gasteiger partial charge in [0.2, 0.25) is 0 Å². The molecule has 3 unspecified atom stereocenters. The molecule has 1 aromatic carbocycles. The summed E-state index contributed by atoms with van der Waals surface area (Å²) in [6.45, 7) is 1.81. The highest BCUT2D eigenvalue weighted by Gasteiger charge is 2.36. The van der Waals surface area contributed by atoms with Crippen LogP contribution in [0.5, 0.6) is 0 Å². The number of carbonyl (C=O) groups is 1. The number of benzene rings is 1. The quantitative estimate of drug-likeness (QED) is 0.293. The van der Waals surface area contributed by atoms with Crippen molar-refractivity contribution in [1.29, 1.82) is 0 Å². The summed E-state index contributed by atoms with van der Waals surface area (Å²) in [7, 11) is 0. The summed E-state index contributed by atoms with van der Waals surface area (Å²) in [6.07, 6.45) is 2.36. The van der Waals surface area contributed by atoms with E-state index in [-0.39, 0.29) is 31.2 Å². The predicted octanol–water partition coefficient (Wildman–Crippen LogP) is -0.358. The standard InChI is InChI=1S/C24H24N8O6/c1-14-10-32(24(37)27-21(14)34)20-9-17(33)18(38-20)13-31-12-16(28-29-31)11-30-8-7-19(26-23(30)36)25-22(35)15-5-3-2-4-6-15/h2-8,10,12,17-18,20,33H,9,11,13H2,1H3,(H,27,34,37)(H,25,26,35,36). The molecule has 196 valence electrons. The Kier molecular flexibility index (Phi) is 6.81. The summed E-state index contributed by atoms with van der Waals surface area (Å²) in [4.78, 5) is 54.7. The molecule has 0 saturated carbocycles. The van der Waals surface area contributed by atoms with Crippen molar-refractivity contribution < 1.29 is 14.6 Å². The molecule has 0 aliphatic carbocycles. The van der Waals surface area contributed by atoms with Gasteiger partial charge in [0.05, 0.1) is 25.4 Å². The van der Waals surface area contributed by atoms with E-state index in [1.54, 1.807) is 43.5 Å². The molecule has 4 aromatic rings. The Labute approximate surface area is 214 Å². The Morgan fingerprint density at radius 3 is 2.74 bits per heavy atom. The maximum absolute atomic E-state index is 12.5. The molecule has 4 heterocycles. The zero-order valence-corrected chi connectivity index (χ0v) is 20.2.